The van der Waals surface area contributed by atoms with E-state index in [1.54, 1.807) is 61.7 Å². The van der Waals surface area contributed by atoms with Gasteiger partial charge in [0.2, 0.25) is 0 Å². The molecule has 4 aromatic rings. The SMILES string of the molecule is COc1ccc2nc(N3C(=O)C(=O)C(=C(O)c4ccc5c(c4)OCCO5)C3c3cccc(Cl)c3)sc2c1. The van der Waals surface area contributed by atoms with Gasteiger partial charge in [0.1, 0.15) is 24.7 Å². The van der Waals surface area contributed by atoms with Gasteiger partial charge in [-0.3, -0.25) is 14.5 Å². The molecule has 3 heterocycles. The van der Waals surface area contributed by atoms with Crippen LogP contribution in [0.25, 0.3) is 16.0 Å². The number of halogens is 1. The van der Waals surface area contributed by atoms with Crippen molar-refractivity contribution < 1.29 is 28.9 Å². The maximum atomic E-state index is 13.4. The van der Waals surface area contributed by atoms with Gasteiger partial charge in [0.15, 0.2) is 16.6 Å². The number of hydrogen-bond donors (Lipinski definition) is 1. The van der Waals surface area contributed by atoms with Crippen LogP contribution in [-0.2, 0) is 9.59 Å². The minimum atomic E-state index is -0.950. The van der Waals surface area contributed by atoms with Crippen molar-refractivity contribution in [1.29, 1.82) is 0 Å². The number of aliphatic hydroxyl groups excluding tert-OH is 1. The van der Waals surface area contributed by atoms with E-state index in [-0.39, 0.29) is 11.3 Å². The monoisotopic (exact) mass is 534 g/mol. The average Bonchev–Trinajstić information content (AvgIpc) is 3.45. The molecule has 37 heavy (non-hydrogen) atoms. The van der Waals surface area contributed by atoms with Crippen molar-refractivity contribution in [3.63, 3.8) is 0 Å². The number of amides is 1. The topological polar surface area (TPSA) is 98.2 Å². The molecule has 0 radical (unpaired) electrons. The first kappa shape index (κ1) is 23.3. The number of anilines is 1. The number of carbonyl (C=O) groups excluding carboxylic acids is 2. The van der Waals surface area contributed by atoms with E-state index in [0.717, 1.165) is 4.70 Å². The van der Waals surface area contributed by atoms with Crippen LogP contribution in [0.4, 0.5) is 5.13 Å². The molecule has 0 saturated carbocycles. The molecule has 1 N–H and O–H groups in total. The molecule has 1 fully saturated rings. The molecule has 1 amide bonds. The number of ketones is 1. The minimum Gasteiger partial charge on any atom is -0.507 e. The third-order valence-electron chi connectivity index (χ3n) is 6.21. The molecule has 6 rings (SSSR count). The molecule has 186 valence electrons. The first-order valence-corrected chi connectivity index (χ1v) is 12.5. The summed E-state index contributed by atoms with van der Waals surface area (Å²) in [6.45, 7) is 0.790. The minimum absolute atomic E-state index is 0.0687. The Balaban J connectivity index is 1.53. The number of aromatic nitrogens is 1. The zero-order chi connectivity index (χ0) is 25.7. The molecule has 1 unspecified atom stereocenters. The van der Waals surface area contributed by atoms with Gasteiger partial charge in [-0.05, 0) is 54.1 Å². The van der Waals surface area contributed by atoms with Gasteiger partial charge in [-0.25, -0.2) is 4.98 Å². The molecule has 0 spiro atoms. The van der Waals surface area contributed by atoms with E-state index in [9.17, 15) is 14.7 Å². The zero-order valence-electron chi connectivity index (χ0n) is 19.4. The Hall–Kier alpha value is -4.08. The lowest BCUT2D eigenvalue weighted by Gasteiger charge is -2.23. The maximum Gasteiger partial charge on any atom is 0.301 e. The van der Waals surface area contributed by atoms with Crippen LogP contribution in [0.5, 0.6) is 17.2 Å². The Bertz CT molecular complexity index is 1610. The summed E-state index contributed by atoms with van der Waals surface area (Å²) in [5.41, 5.74) is 1.46. The van der Waals surface area contributed by atoms with E-state index in [4.69, 9.17) is 25.8 Å². The molecule has 1 aromatic heterocycles. The highest BCUT2D eigenvalue weighted by Gasteiger charge is 2.48. The second-order valence-corrected chi connectivity index (χ2v) is 9.86. The number of thiazole rings is 1. The van der Waals surface area contributed by atoms with Crippen LogP contribution < -0.4 is 19.1 Å². The molecule has 3 aromatic carbocycles. The smallest absolute Gasteiger partial charge is 0.301 e. The Kier molecular flexibility index (Phi) is 5.73. The first-order valence-electron chi connectivity index (χ1n) is 11.4. The van der Waals surface area contributed by atoms with Crippen LogP contribution in [0, 0.1) is 0 Å². The Morgan fingerprint density at radius 1 is 1.08 bits per heavy atom. The predicted octanol–water partition coefficient (Wildman–Crippen LogP) is 5.36. The van der Waals surface area contributed by atoms with E-state index in [1.165, 1.54) is 16.2 Å². The van der Waals surface area contributed by atoms with Gasteiger partial charge in [-0.2, -0.15) is 0 Å². The Morgan fingerprint density at radius 2 is 1.89 bits per heavy atom. The van der Waals surface area contributed by atoms with E-state index in [0.29, 0.717) is 57.3 Å². The van der Waals surface area contributed by atoms with Crippen LogP contribution in [0.1, 0.15) is 17.2 Å². The third kappa shape index (κ3) is 3.96. The number of aliphatic hydroxyl groups is 1. The summed E-state index contributed by atoms with van der Waals surface area (Å²) < 4.78 is 17.3. The number of hydrogen-bond acceptors (Lipinski definition) is 8. The van der Waals surface area contributed by atoms with E-state index >= 15 is 0 Å². The van der Waals surface area contributed by atoms with Gasteiger partial charge >= 0.3 is 5.91 Å². The van der Waals surface area contributed by atoms with E-state index in [2.05, 4.69) is 4.98 Å². The molecule has 2 aliphatic rings. The number of nitrogens with zero attached hydrogens (tertiary/aromatic N) is 2. The molecule has 0 aliphatic carbocycles. The molecule has 2 aliphatic heterocycles. The van der Waals surface area contributed by atoms with Gasteiger partial charge in [0, 0.05) is 10.6 Å². The quantitative estimate of drug-likeness (QED) is 0.214. The fourth-order valence-corrected chi connectivity index (χ4v) is 5.71. The summed E-state index contributed by atoms with van der Waals surface area (Å²) in [5, 5.41) is 12.1. The lowest BCUT2D eigenvalue weighted by molar-refractivity contribution is -0.132. The zero-order valence-corrected chi connectivity index (χ0v) is 21.0. The molecule has 1 saturated heterocycles. The number of fused-ring (bicyclic) bond motifs is 2. The van der Waals surface area contributed by atoms with Crippen molar-refractivity contribution in [3.8, 4) is 17.2 Å². The van der Waals surface area contributed by atoms with Crippen LogP contribution in [0.2, 0.25) is 5.02 Å². The number of ether oxygens (including phenoxy) is 3. The summed E-state index contributed by atoms with van der Waals surface area (Å²) in [6, 6.07) is 16.1. The number of rotatable bonds is 4. The largest absolute Gasteiger partial charge is 0.507 e. The number of carbonyl (C=O) groups is 2. The average molecular weight is 535 g/mol. The highest BCUT2D eigenvalue weighted by Crippen LogP contribution is 2.45. The molecule has 8 nitrogen and oxygen atoms in total. The van der Waals surface area contributed by atoms with Crippen molar-refractivity contribution in [3.05, 3.63) is 82.4 Å². The van der Waals surface area contributed by atoms with E-state index < -0.39 is 17.7 Å². The molecular formula is C27H19ClN2O6S. The number of benzene rings is 3. The predicted molar refractivity (Wildman–Crippen MR) is 140 cm³/mol. The molecule has 1 atom stereocenters. The van der Waals surface area contributed by atoms with Gasteiger partial charge in [0.05, 0.1) is 28.9 Å². The van der Waals surface area contributed by atoms with Gasteiger partial charge in [-0.1, -0.05) is 35.1 Å². The van der Waals surface area contributed by atoms with Crippen LogP contribution in [-0.4, -0.2) is 42.1 Å². The van der Waals surface area contributed by atoms with Crippen molar-refractivity contribution in [2.45, 2.75) is 6.04 Å². The van der Waals surface area contributed by atoms with Crippen molar-refractivity contribution in [2.75, 3.05) is 25.2 Å². The normalized spacial score (nSPS) is 18.4. The molecule has 0 bridgehead atoms. The summed E-state index contributed by atoms with van der Waals surface area (Å²) in [6.07, 6.45) is 0. The number of Topliss-reactive ketones (excluding diaryl/α,β-unsaturated/α-hetero) is 1. The first-order chi connectivity index (χ1) is 17.9. The second-order valence-electron chi connectivity index (χ2n) is 8.41. The second kappa shape index (κ2) is 9.10. The summed E-state index contributed by atoms with van der Waals surface area (Å²) in [5.74, 6) is -0.312. The van der Waals surface area contributed by atoms with Crippen LogP contribution >= 0.6 is 22.9 Å². The standard InChI is InChI=1S/C27H19ClN2O6S/c1-34-17-6-7-18-21(13-17)37-27(29-18)30-23(14-3-2-4-16(28)11-14)22(25(32)26(30)33)24(31)15-5-8-19-20(12-15)36-10-9-35-19/h2-8,11-13,23,31H,9-10H2,1H3. The highest BCUT2D eigenvalue weighted by atomic mass is 35.5. The van der Waals surface area contributed by atoms with Crippen LogP contribution in [0.15, 0.2) is 66.2 Å². The molecular weight excluding hydrogens is 516 g/mol. The Morgan fingerprint density at radius 3 is 2.68 bits per heavy atom. The van der Waals surface area contributed by atoms with Gasteiger partial charge in [-0.15, -0.1) is 0 Å². The summed E-state index contributed by atoms with van der Waals surface area (Å²) in [7, 11) is 1.57. The number of methoxy groups -OCH3 is 1. The maximum absolute atomic E-state index is 13.4. The lowest BCUT2D eigenvalue weighted by atomic mass is 9.95. The van der Waals surface area contributed by atoms with Gasteiger partial charge in [0.25, 0.3) is 5.78 Å². The van der Waals surface area contributed by atoms with Gasteiger partial charge < -0.3 is 19.3 Å². The lowest BCUT2D eigenvalue weighted by Crippen LogP contribution is -2.29. The van der Waals surface area contributed by atoms with Crippen molar-refractivity contribution in [1.82, 2.24) is 4.98 Å². The van der Waals surface area contributed by atoms with Crippen molar-refractivity contribution in [2.24, 2.45) is 0 Å². The molecule has 10 heteroatoms. The summed E-state index contributed by atoms with van der Waals surface area (Å²) >= 11 is 7.54. The summed E-state index contributed by atoms with van der Waals surface area (Å²) in [4.78, 5) is 32.8. The van der Waals surface area contributed by atoms with E-state index in [1.807, 2.05) is 6.07 Å². The van der Waals surface area contributed by atoms with Crippen molar-refractivity contribution >= 4 is 55.7 Å². The Labute approximate surface area is 220 Å². The third-order valence-corrected chi connectivity index (χ3v) is 7.47. The fraction of sp³-hybridized carbons (Fsp3) is 0.148. The fourth-order valence-electron chi connectivity index (χ4n) is 4.49. The highest BCUT2D eigenvalue weighted by molar-refractivity contribution is 7.22. The van der Waals surface area contributed by atoms with Crippen LogP contribution in [0.3, 0.4) is 0 Å².